The van der Waals surface area contributed by atoms with E-state index in [4.69, 9.17) is 4.74 Å². The van der Waals surface area contributed by atoms with Crippen molar-refractivity contribution >= 4 is 17.9 Å². The number of urea groups is 1. The van der Waals surface area contributed by atoms with Gasteiger partial charge in [0.05, 0.1) is 18.2 Å². The molecule has 0 spiro atoms. The highest BCUT2D eigenvalue weighted by Gasteiger charge is 2.41. The molecule has 2 atom stereocenters. The minimum Gasteiger partial charge on any atom is -0.463 e. The molecule has 34 heavy (non-hydrogen) atoms. The summed E-state index contributed by atoms with van der Waals surface area (Å²) >= 11 is 0. The highest BCUT2D eigenvalue weighted by molar-refractivity contribution is 5.95. The largest absolute Gasteiger partial charge is 0.463 e. The van der Waals surface area contributed by atoms with Crippen LogP contribution >= 0.6 is 0 Å². The number of esters is 1. The average Bonchev–Trinajstić information content (AvgIpc) is 3.65. The van der Waals surface area contributed by atoms with E-state index < -0.39 is 17.8 Å². The van der Waals surface area contributed by atoms with Crippen molar-refractivity contribution in [2.45, 2.75) is 45.7 Å². The second-order valence-corrected chi connectivity index (χ2v) is 9.12. The summed E-state index contributed by atoms with van der Waals surface area (Å²) in [7, 11) is 0. The number of hydrogen-bond acceptors (Lipinski definition) is 5. The molecule has 8 nitrogen and oxygen atoms in total. The molecule has 1 saturated heterocycles. The van der Waals surface area contributed by atoms with Crippen molar-refractivity contribution in [3.63, 3.8) is 0 Å². The van der Waals surface area contributed by atoms with Crippen LogP contribution in [0.2, 0.25) is 0 Å². The Kier molecular flexibility index (Phi) is 7.21. The number of halogens is 1. The van der Waals surface area contributed by atoms with E-state index in [-0.39, 0.29) is 41.6 Å². The first-order valence-corrected chi connectivity index (χ1v) is 12.1. The van der Waals surface area contributed by atoms with E-state index in [0.29, 0.717) is 38.4 Å². The summed E-state index contributed by atoms with van der Waals surface area (Å²) in [6.07, 6.45) is 1.94. The molecule has 2 aliphatic heterocycles. The average molecular weight is 473 g/mol. The van der Waals surface area contributed by atoms with Gasteiger partial charge in [0.25, 0.3) is 0 Å². The zero-order chi connectivity index (χ0) is 24.4. The van der Waals surface area contributed by atoms with E-state index in [1.165, 1.54) is 11.0 Å². The molecule has 0 unspecified atom stereocenters. The maximum Gasteiger partial charge on any atom is 0.338 e. The third-order valence-corrected chi connectivity index (χ3v) is 6.76. The van der Waals surface area contributed by atoms with Crippen molar-refractivity contribution in [1.82, 2.24) is 20.0 Å². The number of amides is 3. The lowest BCUT2D eigenvalue weighted by atomic mass is 9.93. The van der Waals surface area contributed by atoms with Gasteiger partial charge in [0, 0.05) is 55.9 Å². The molecule has 0 aromatic heterocycles. The Bertz CT molecular complexity index is 993. The number of nitrogens with zero attached hydrogens (tertiary/aromatic N) is 3. The third-order valence-electron chi connectivity index (χ3n) is 6.76. The summed E-state index contributed by atoms with van der Waals surface area (Å²) in [4.78, 5) is 44.4. The fraction of sp³-hybridized carbons (Fsp3) is 0.560. The van der Waals surface area contributed by atoms with Crippen LogP contribution in [0.1, 0.15) is 45.2 Å². The van der Waals surface area contributed by atoms with Gasteiger partial charge in [-0.05, 0) is 39.7 Å². The second kappa shape index (κ2) is 10.1. The first-order chi connectivity index (χ1) is 16.3. The highest BCUT2D eigenvalue weighted by Crippen LogP contribution is 2.34. The molecule has 2 heterocycles. The molecule has 2 fully saturated rings. The zero-order valence-electron chi connectivity index (χ0n) is 20.1. The summed E-state index contributed by atoms with van der Waals surface area (Å²) in [6.45, 7) is 8.29. The van der Waals surface area contributed by atoms with Crippen LogP contribution in [0.5, 0.6) is 0 Å². The van der Waals surface area contributed by atoms with Gasteiger partial charge in [-0.1, -0.05) is 18.2 Å². The summed E-state index contributed by atoms with van der Waals surface area (Å²) in [5.74, 6) is -0.670. The summed E-state index contributed by atoms with van der Waals surface area (Å²) in [5, 5.41) is 2.80. The molecule has 0 bridgehead atoms. The Morgan fingerprint density at radius 1 is 1.18 bits per heavy atom. The van der Waals surface area contributed by atoms with Crippen LogP contribution in [0.15, 0.2) is 35.5 Å². The number of carbonyl (C=O) groups excluding carboxylic acids is 3. The topological polar surface area (TPSA) is 82.2 Å². The van der Waals surface area contributed by atoms with Gasteiger partial charge in [-0.15, -0.1) is 0 Å². The van der Waals surface area contributed by atoms with E-state index in [1.807, 2.05) is 18.7 Å². The summed E-state index contributed by atoms with van der Waals surface area (Å²) < 4.78 is 20.1. The smallest absolute Gasteiger partial charge is 0.338 e. The number of carbonyl (C=O) groups is 3. The van der Waals surface area contributed by atoms with Crippen molar-refractivity contribution in [3.8, 4) is 0 Å². The van der Waals surface area contributed by atoms with Gasteiger partial charge in [0.1, 0.15) is 5.82 Å². The van der Waals surface area contributed by atoms with Crippen LogP contribution in [0.3, 0.4) is 0 Å². The van der Waals surface area contributed by atoms with Gasteiger partial charge in [0.2, 0.25) is 5.91 Å². The van der Waals surface area contributed by atoms with Crippen LogP contribution in [0, 0.1) is 11.7 Å². The van der Waals surface area contributed by atoms with Gasteiger partial charge in [-0.25, -0.2) is 14.0 Å². The van der Waals surface area contributed by atoms with E-state index in [1.54, 1.807) is 25.1 Å². The van der Waals surface area contributed by atoms with Crippen molar-refractivity contribution in [1.29, 1.82) is 0 Å². The number of likely N-dealkylation sites (N-methyl/N-ethyl adjacent to an activating group) is 1. The molecule has 0 radical (unpaired) electrons. The number of benzene rings is 1. The van der Waals surface area contributed by atoms with E-state index in [0.717, 1.165) is 12.8 Å². The predicted octanol–water partition coefficient (Wildman–Crippen LogP) is 2.67. The molecule has 1 saturated carbocycles. The summed E-state index contributed by atoms with van der Waals surface area (Å²) in [6, 6.07) is 4.84. The number of hydrogen-bond donors (Lipinski definition) is 1. The fourth-order valence-corrected chi connectivity index (χ4v) is 4.88. The lowest BCUT2D eigenvalue weighted by Crippen LogP contribution is -2.56. The molecule has 4 rings (SSSR count). The number of nitrogens with one attached hydrogen (secondary N) is 1. The third kappa shape index (κ3) is 4.80. The van der Waals surface area contributed by atoms with Crippen molar-refractivity contribution < 1.29 is 23.5 Å². The number of ether oxygens (including phenoxy) is 1. The summed E-state index contributed by atoms with van der Waals surface area (Å²) in [5.41, 5.74) is 0.991. The van der Waals surface area contributed by atoms with Crippen LogP contribution in [-0.2, 0) is 14.3 Å². The maximum absolute atomic E-state index is 14.7. The van der Waals surface area contributed by atoms with E-state index >= 15 is 0 Å². The highest BCUT2D eigenvalue weighted by atomic mass is 19.1. The quantitative estimate of drug-likeness (QED) is 0.617. The minimum atomic E-state index is -0.944. The molecule has 1 aromatic carbocycles. The number of piperazine rings is 1. The maximum atomic E-state index is 14.7. The Labute approximate surface area is 199 Å². The Morgan fingerprint density at radius 3 is 2.53 bits per heavy atom. The second-order valence-electron chi connectivity index (χ2n) is 9.12. The first kappa shape index (κ1) is 24.2. The molecule has 9 heteroatoms. The van der Waals surface area contributed by atoms with Gasteiger partial charge < -0.3 is 15.0 Å². The Morgan fingerprint density at radius 2 is 1.91 bits per heavy atom. The number of rotatable bonds is 7. The van der Waals surface area contributed by atoms with Crippen LogP contribution in [0.4, 0.5) is 9.18 Å². The molecule has 1 aromatic rings. The Hall–Kier alpha value is -2.94. The van der Waals surface area contributed by atoms with Gasteiger partial charge in [-0.2, -0.15) is 0 Å². The van der Waals surface area contributed by atoms with E-state index in [9.17, 15) is 18.8 Å². The van der Waals surface area contributed by atoms with Crippen molar-refractivity contribution in [2.24, 2.45) is 5.92 Å². The standard InChI is InChI=1S/C25H33FN4O4/c1-4-29-20(15-28-12-13-30(16(3)14-28)23(31)17-10-11-17)21(24(32)34-5-2)22(27-25(29)33)18-8-6-7-9-19(18)26/h6-9,16-17,22H,4-5,10-15H2,1-3H3,(H,27,33)/t16-,22+/m1/s1. The monoisotopic (exact) mass is 472 g/mol. The molecule has 184 valence electrons. The first-order valence-electron chi connectivity index (χ1n) is 12.1. The van der Waals surface area contributed by atoms with Crippen molar-refractivity contribution in [2.75, 3.05) is 39.3 Å². The molecule has 1 N–H and O–H groups in total. The predicted molar refractivity (Wildman–Crippen MR) is 124 cm³/mol. The molecule has 1 aliphatic carbocycles. The van der Waals surface area contributed by atoms with Crippen LogP contribution in [0.25, 0.3) is 0 Å². The zero-order valence-corrected chi connectivity index (χ0v) is 20.1. The molecular weight excluding hydrogens is 439 g/mol. The fourth-order valence-electron chi connectivity index (χ4n) is 4.88. The van der Waals surface area contributed by atoms with Gasteiger partial charge >= 0.3 is 12.0 Å². The molecular formula is C25H33FN4O4. The van der Waals surface area contributed by atoms with Crippen molar-refractivity contribution in [3.05, 3.63) is 46.9 Å². The minimum absolute atomic E-state index is 0.0309. The lowest BCUT2D eigenvalue weighted by Gasteiger charge is -2.43. The molecule has 3 aliphatic rings. The molecule has 3 amide bonds. The van der Waals surface area contributed by atoms with Crippen LogP contribution < -0.4 is 5.32 Å². The van der Waals surface area contributed by atoms with E-state index in [2.05, 4.69) is 10.2 Å². The van der Waals surface area contributed by atoms with Crippen LogP contribution in [-0.4, -0.2) is 78.0 Å². The van der Waals surface area contributed by atoms with Gasteiger partial charge in [-0.3, -0.25) is 14.6 Å². The Balaban J connectivity index is 1.67. The normalized spacial score (nSPS) is 23.7. The lowest BCUT2D eigenvalue weighted by molar-refractivity contribution is -0.139. The SMILES string of the molecule is CCOC(=O)C1=C(CN2CCN(C(=O)C3CC3)[C@H](C)C2)N(CC)C(=O)N[C@H]1c1ccccc1F. The van der Waals surface area contributed by atoms with Gasteiger partial charge in [0.15, 0.2) is 0 Å².